The van der Waals surface area contributed by atoms with Gasteiger partial charge < -0.3 is 10.6 Å². The monoisotopic (exact) mass is 336 g/mol. The number of hydrogen-bond acceptors (Lipinski definition) is 3. The lowest BCUT2D eigenvalue weighted by atomic mass is 10.1. The maximum atomic E-state index is 13.6. The topological polar surface area (TPSA) is 76.0 Å². The first kappa shape index (κ1) is 17.6. The summed E-state index contributed by atoms with van der Waals surface area (Å²) in [5.74, 6) is -1.81. The summed E-state index contributed by atoms with van der Waals surface area (Å²) in [6.45, 7) is 2.30. The predicted octanol–water partition coefficient (Wildman–Crippen LogP) is 2.11. The zero-order valence-electron chi connectivity index (χ0n) is 13.4. The van der Waals surface area contributed by atoms with E-state index >= 15 is 0 Å². The number of carbonyl (C=O) groups is 2. The van der Waals surface area contributed by atoms with Crippen molar-refractivity contribution in [2.24, 2.45) is 0 Å². The number of benzene rings is 1. The fourth-order valence-corrected chi connectivity index (χ4v) is 2.22. The number of aromatic nitrogens is 2. The Bertz CT molecular complexity index is 759. The number of hydrogen-bond donors (Lipinski definition) is 2. The molecular formula is C16H18F2N4O2. The highest BCUT2D eigenvalue weighted by atomic mass is 19.1. The van der Waals surface area contributed by atoms with Crippen molar-refractivity contribution >= 4 is 17.6 Å². The number of nitrogens with zero attached hydrogens (tertiary/aromatic N) is 2. The minimum absolute atomic E-state index is 0.00929. The molecule has 8 heteroatoms. The second kappa shape index (κ2) is 7.67. The number of anilines is 1. The van der Waals surface area contributed by atoms with Crippen LogP contribution in [0.5, 0.6) is 0 Å². The molecule has 0 aliphatic rings. The second-order valence-corrected chi connectivity index (χ2v) is 5.09. The van der Waals surface area contributed by atoms with Crippen molar-refractivity contribution in [3.05, 3.63) is 47.2 Å². The van der Waals surface area contributed by atoms with E-state index in [4.69, 9.17) is 0 Å². The molecule has 0 saturated carbocycles. The van der Waals surface area contributed by atoms with Crippen molar-refractivity contribution < 1.29 is 18.4 Å². The molecule has 2 N–H and O–H groups in total. The highest BCUT2D eigenvalue weighted by molar-refractivity contribution is 6.02. The summed E-state index contributed by atoms with van der Waals surface area (Å²) < 4.78 is 27.9. The fraction of sp³-hybridized carbons (Fsp3) is 0.312. The van der Waals surface area contributed by atoms with Crippen molar-refractivity contribution in [3.8, 4) is 0 Å². The van der Waals surface area contributed by atoms with Gasteiger partial charge in [0.05, 0.1) is 6.20 Å². The average molecular weight is 336 g/mol. The molecule has 0 atom stereocenters. The van der Waals surface area contributed by atoms with Gasteiger partial charge in [-0.15, -0.1) is 0 Å². The first-order valence-electron chi connectivity index (χ1n) is 7.48. The Balaban J connectivity index is 2.07. The molecule has 0 bridgehead atoms. The van der Waals surface area contributed by atoms with Crippen LogP contribution >= 0.6 is 0 Å². The summed E-state index contributed by atoms with van der Waals surface area (Å²) in [7, 11) is 1.48. The lowest BCUT2D eigenvalue weighted by Crippen LogP contribution is -2.22. The smallest absolute Gasteiger partial charge is 0.256 e. The molecule has 6 nitrogen and oxygen atoms in total. The summed E-state index contributed by atoms with van der Waals surface area (Å²) in [6, 6.07) is 3.24. The minimum atomic E-state index is -0.688. The Morgan fingerprint density at radius 1 is 1.29 bits per heavy atom. The quantitative estimate of drug-likeness (QED) is 0.848. The molecule has 2 aromatic rings. The molecule has 2 rings (SSSR count). The first-order chi connectivity index (χ1) is 11.5. The van der Waals surface area contributed by atoms with Gasteiger partial charge in [-0.3, -0.25) is 9.59 Å². The minimum Gasteiger partial charge on any atom is -0.355 e. The van der Waals surface area contributed by atoms with Gasteiger partial charge in [-0.2, -0.15) is 5.10 Å². The van der Waals surface area contributed by atoms with Gasteiger partial charge in [-0.25, -0.2) is 13.5 Å². The number of amides is 2. The molecule has 24 heavy (non-hydrogen) atoms. The van der Waals surface area contributed by atoms with Gasteiger partial charge in [-0.05, 0) is 25.0 Å². The van der Waals surface area contributed by atoms with Crippen LogP contribution in [0.15, 0.2) is 24.4 Å². The maximum absolute atomic E-state index is 13.6. The summed E-state index contributed by atoms with van der Waals surface area (Å²) in [5.41, 5.74) is 0.503. The molecule has 1 aromatic carbocycles. The van der Waals surface area contributed by atoms with Crippen molar-refractivity contribution in [2.75, 3.05) is 12.4 Å². The van der Waals surface area contributed by atoms with Crippen molar-refractivity contribution in [3.63, 3.8) is 0 Å². The first-order valence-corrected chi connectivity index (χ1v) is 7.48. The number of carbonyl (C=O) groups excluding carboxylic acids is 2. The van der Waals surface area contributed by atoms with Crippen LogP contribution < -0.4 is 10.6 Å². The van der Waals surface area contributed by atoms with Crippen molar-refractivity contribution in [1.29, 1.82) is 0 Å². The molecule has 1 aromatic heterocycles. The Hall–Kier alpha value is -2.77. The molecule has 1 heterocycles. The van der Waals surface area contributed by atoms with Gasteiger partial charge >= 0.3 is 0 Å². The van der Waals surface area contributed by atoms with Crippen LogP contribution in [0.25, 0.3) is 0 Å². The maximum Gasteiger partial charge on any atom is 0.256 e. The average Bonchev–Trinajstić information content (AvgIpc) is 2.96. The Kier molecular flexibility index (Phi) is 5.62. The lowest BCUT2D eigenvalue weighted by Gasteiger charge is -2.10. The summed E-state index contributed by atoms with van der Waals surface area (Å²) in [5, 5.41) is 9.14. The molecule has 0 fully saturated rings. The third-order valence-electron chi connectivity index (χ3n) is 3.51. The molecule has 128 valence electrons. The van der Waals surface area contributed by atoms with E-state index < -0.39 is 11.6 Å². The van der Waals surface area contributed by atoms with E-state index in [1.165, 1.54) is 24.0 Å². The van der Waals surface area contributed by atoms with Crippen LogP contribution in [0.3, 0.4) is 0 Å². The third-order valence-corrected chi connectivity index (χ3v) is 3.51. The predicted molar refractivity (Wildman–Crippen MR) is 84.6 cm³/mol. The van der Waals surface area contributed by atoms with Gasteiger partial charge in [0.1, 0.15) is 23.0 Å². The van der Waals surface area contributed by atoms with E-state index in [1.807, 2.05) is 6.92 Å². The fourth-order valence-electron chi connectivity index (χ4n) is 2.22. The molecule has 0 saturated heterocycles. The summed E-state index contributed by atoms with van der Waals surface area (Å²) >= 11 is 0. The van der Waals surface area contributed by atoms with Crippen LogP contribution in [-0.4, -0.2) is 28.6 Å². The molecular weight excluding hydrogens is 318 g/mol. The van der Waals surface area contributed by atoms with Gasteiger partial charge in [0, 0.05) is 26.1 Å². The molecule has 0 aliphatic carbocycles. The molecule has 0 radical (unpaired) electrons. The summed E-state index contributed by atoms with van der Waals surface area (Å²) in [4.78, 5) is 23.9. The van der Waals surface area contributed by atoms with Crippen LogP contribution in [0.4, 0.5) is 14.6 Å². The standard InChI is InChI=1S/C16H18F2N4O2/c1-3-22-15(12(9-20-22)16(24)19-2)21-14(23)7-5-10-4-6-11(17)8-13(10)18/h4,6,8-9H,3,5,7H2,1-2H3,(H,19,24)(H,21,23). The third kappa shape index (κ3) is 3.95. The molecule has 2 amide bonds. The zero-order chi connectivity index (χ0) is 17.7. The van der Waals surface area contributed by atoms with Gasteiger partial charge in [0.25, 0.3) is 5.91 Å². The van der Waals surface area contributed by atoms with E-state index in [-0.39, 0.29) is 35.8 Å². The van der Waals surface area contributed by atoms with Gasteiger partial charge in [0.2, 0.25) is 5.91 Å². The van der Waals surface area contributed by atoms with E-state index in [0.29, 0.717) is 12.4 Å². The molecule has 0 unspecified atom stereocenters. The SMILES string of the molecule is CCn1ncc(C(=O)NC)c1NC(=O)CCc1ccc(F)cc1F. The molecule has 0 aliphatic heterocycles. The van der Waals surface area contributed by atoms with E-state index in [2.05, 4.69) is 15.7 Å². The van der Waals surface area contributed by atoms with Crippen molar-refractivity contribution in [2.45, 2.75) is 26.3 Å². The zero-order valence-corrected chi connectivity index (χ0v) is 13.4. The van der Waals surface area contributed by atoms with E-state index in [9.17, 15) is 18.4 Å². The largest absolute Gasteiger partial charge is 0.355 e. The summed E-state index contributed by atoms with van der Waals surface area (Å²) in [6.07, 6.45) is 1.48. The Labute approximate surface area is 137 Å². The van der Waals surface area contributed by atoms with Crippen LogP contribution in [0.1, 0.15) is 29.3 Å². The highest BCUT2D eigenvalue weighted by Gasteiger charge is 2.18. The Morgan fingerprint density at radius 2 is 2.04 bits per heavy atom. The number of aryl methyl sites for hydroxylation is 2. The van der Waals surface area contributed by atoms with E-state index in [1.54, 1.807) is 0 Å². The molecule has 0 spiro atoms. The Morgan fingerprint density at radius 3 is 2.67 bits per heavy atom. The van der Waals surface area contributed by atoms with E-state index in [0.717, 1.165) is 12.1 Å². The second-order valence-electron chi connectivity index (χ2n) is 5.09. The van der Waals surface area contributed by atoms with Crippen LogP contribution in [0.2, 0.25) is 0 Å². The number of halogens is 2. The lowest BCUT2D eigenvalue weighted by molar-refractivity contribution is -0.116. The van der Waals surface area contributed by atoms with Crippen molar-refractivity contribution in [1.82, 2.24) is 15.1 Å². The van der Waals surface area contributed by atoms with Crippen LogP contribution in [-0.2, 0) is 17.8 Å². The van der Waals surface area contributed by atoms with Crippen LogP contribution in [0, 0.1) is 11.6 Å². The van der Waals surface area contributed by atoms with Gasteiger partial charge in [0.15, 0.2) is 0 Å². The normalized spacial score (nSPS) is 10.5. The van der Waals surface area contributed by atoms with Gasteiger partial charge in [-0.1, -0.05) is 6.07 Å². The number of nitrogens with one attached hydrogen (secondary N) is 2. The highest BCUT2D eigenvalue weighted by Crippen LogP contribution is 2.17. The number of rotatable bonds is 6.